The van der Waals surface area contributed by atoms with Gasteiger partial charge in [-0.05, 0) is 26.8 Å². The molecule has 0 amide bonds. The van der Waals surface area contributed by atoms with Crippen LogP contribution in [0.5, 0.6) is 0 Å². The van der Waals surface area contributed by atoms with Crippen LogP contribution in [-0.2, 0) is 20.8 Å². The van der Waals surface area contributed by atoms with Gasteiger partial charge >= 0.3 is 11.9 Å². The molecule has 0 atom stereocenters. The molecule has 0 saturated carbocycles. The first-order chi connectivity index (χ1) is 9.97. The zero-order valence-corrected chi connectivity index (χ0v) is 12.5. The van der Waals surface area contributed by atoms with Crippen LogP contribution in [0.2, 0.25) is 0 Å². The molecular weight excluding hydrogens is 274 g/mol. The highest BCUT2D eigenvalue weighted by molar-refractivity contribution is 6.03. The van der Waals surface area contributed by atoms with Gasteiger partial charge < -0.3 is 9.47 Å². The lowest BCUT2D eigenvalue weighted by molar-refractivity contribution is -0.143. The third-order valence-corrected chi connectivity index (χ3v) is 2.99. The fraction of sp³-hybridized carbons (Fsp3) is 0.429. The average molecular weight is 291 g/mol. The molecule has 21 heavy (non-hydrogen) atoms. The summed E-state index contributed by atoms with van der Waals surface area (Å²) < 4.78 is 11.1. The number of carbonyl (C=O) groups is 2. The normalized spacial score (nSPS) is 10.7. The largest absolute Gasteiger partial charge is 0.465 e. The number of nitrogens with zero attached hydrogens (tertiary/aromatic N) is 3. The standard InChI is InChI=1S/C14H17N3O4/c1-5-21-11(18)7-17-13-12(9(3)16-17)10(14(19)20-4)6-8(2)15-13/h6H,5,7H2,1-4H3. The maximum Gasteiger partial charge on any atom is 0.338 e. The van der Waals surface area contributed by atoms with E-state index < -0.39 is 11.9 Å². The summed E-state index contributed by atoms with van der Waals surface area (Å²) in [5.74, 6) is -0.853. The molecule has 2 aromatic rings. The van der Waals surface area contributed by atoms with Gasteiger partial charge in [0.15, 0.2) is 5.65 Å². The van der Waals surface area contributed by atoms with Crippen LogP contribution < -0.4 is 0 Å². The van der Waals surface area contributed by atoms with Crippen molar-refractivity contribution in [1.82, 2.24) is 14.8 Å². The maximum absolute atomic E-state index is 11.9. The quantitative estimate of drug-likeness (QED) is 0.792. The summed E-state index contributed by atoms with van der Waals surface area (Å²) in [6.45, 7) is 5.52. The van der Waals surface area contributed by atoms with Crippen molar-refractivity contribution in [2.75, 3.05) is 13.7 Å². The second kappa shape index (κ2) is 5.90. The first kappa shape index (κ1) is 15.0. The molecule has 2 rings (SSSR count). The number of rotatable bonds is 4. The van der Waals surface area contributed by atoms with Crippen LogP contribution in [0.4, 0.5) is 0 Å². The average Bonchev–Trinajstić information content (AvgIpc) is 2.73. The van der Waals surface area contributed by atoms with Gasteiger partial charge in [0.1, 0.15) is 6.54 Å². The predicted octanol–water partition coefficient (Wildman–Crippen LogP) is 1.40. The Balaban J connectivity index is 2.58. The molecule has 2 aromatic heterocycles. The number of aromatic nitrogens is 3. The highest BCUT2D eigenvalue weighted by Crippen LogP contribution is 2.22. The van der Waals surface area contributed by atoms with Gasteiger partial charge in [-0.25, -0.2) is 14.5 Å². The van der Waals surface area contributed by atoms with E-state index in [2.05, 4.69) is 10.1 Å². The summed E-state index contributed by atoms with van der Waals surface area (Å²) >= 11 is 0. The minimum atomic E-state index is -0.454. The third-order valence-electron chi connectivity index (χ3n) is 2.99. The summed E-state index contributed by atoms with van der Waals surface area (Å²) in [5.41, 5.74) is 2.13. The first-order valence-corrected chi connectivity index (χ1v) is 6.56. The maximum atomic E-state index is 11.9. The lowest BCUT2D eigenvalue weighted by Gasteiger charge is -2.05. The third kappa shape index (κ3) is 2.86. The van der Waals surface area contributed by atoms with Gasteiger partial charge in [0, 0.05) is 5.69 Å². The van der Waals surface area contributed by atoms with Gasteiger partial charge in [0.05, 0.1) is 30.4 Å². The van der Waals surface area contributed by atoms with E-state index in [1.54, 1.807) is 26.8 Å². The fourth-order valence-corrected chi connectivity index (χ4v) is 2.19. The lowest BCUT2D eigenvalue weighted by Crippen LogP contribution is -2.15. The van der Waals surface area contributed by atoms with Crippen LogP contribution in [0.1, 0.15) is 28.7 Å². The van der Waals surface area contributed by atoms with Gasteiger partial charge in [-0.15, -0.1) is 0 Å². The first-order valence-electron chi connectivity index (χ1n) is 6.56. The van der Waals surface area contributed by atoms with Gasteiger partial charge in [-0.3, -0.25) is 4.79 Å². The zero-order chi connectivity index (χ0) is 15.6. The predicted molar refractivity (Wildman–Crippen MR) is 75.0 cm³/mol. The van der Waals surface area contributed by atoms with Crippen molar-refractivity contribution in [3.8, 4) is 0 Å². The van der Waals surface area contributed by atoms with E-state index in [9.17, 15) is 9.59 Å². The molecule has 0 spiro atoms. The summed E-state index contributed by atoms with van der Waals surface area (Å²) in [4.78, 5) is 27.9. The summed E-state index contributed by atoms with van der Waals surface area (Å²) in [6, 6.07) is 1.65. The molecule has 0 unspecified atom stereocenters. The molecular formula is C14H17N3O4. The number of esters is 2. The van der Waals surface area contributed by atoms with Gasteiger partial charge in [-0.2, -0.15) is 5.10 Å². The van der Waals surface area contributed by atoms with Crippen LogP contribution in [0.25, 0.3) is 11.0 Å². The van der Waals surface area contributed by atoms with Gasteiger partial charge in [-0.1, -0.05) is 0 Å². The van der Waals surface area contributed by atoms with Crippen molar-refractivity contribution in [3.63, 3.8) is 0 Å². The Morgan fingerprint density at radius 2 is 2.05 bits per heavy atom. The number of carbonyl (C=O) groups excluding carboxylic acids is 2. The molecule has 0 N–H and O–H groups in total. The van der Waals surface area contributed by atoms with Crippen molar-refractivity contribution in [2.24, 2.45) is 0 Å². The van der Waals surface area contributed by atoms with Crippen molar-refractivity contribution < 1.29 is 19.1 Å². The minimum Gasteiger partial charge on any atom is -0.465 e. The zero-order valence-electron chi connectivity index (χ0n) is 12.5. The summed E-state index contributed by atoms with van der Waals surface area (Å²) in [5, 5.41) is 4.87. The van der Waals surface area contributed by atoms with Crippen molar-refractivity contribution in [3.05, 3.63) is 23.0 Å². The molecule has 0 saturated heterocycles. The van der Waals surface area contributed by atoms with E-state index in [4.69, 9.17) is 9.47 Å². The van der Waals surface area contributed by atoms with E-state index >= 15 is 0 Å². The highest BCUT2D eigenvalue weighted by atomic mass is 16.5. The van der Waals surface area contributed by atoms with E-state index in [1.165, 1.54) is 11.8 Å². The molecule has 7 heteroatoms. The molecule has 0 aliphatic carbocycles. The number of ether oxygens (including phenoxy) is 2. The summed E-state index contributed by atoms with van der Waals surface area (Å²) in [6.07, 6.45) is 0. The topological polar surface area (TPSA) is 83.3 Å². The van der Waals surface area contributed by atoms with Crippen LogP contribution in [-0.4, -0.2) is 40.4 Å². The molecule has 0 aromatic carbocycles. The molecule has 0 radical (unpaired) electrons. The number of fused-ring (bicyclic) bond motifs is 1. The van der Waals surface area contributed by atoms with Gasteiger partial charge in [0.2, 0.25) is 0 Å². The Kier molecular flexibility index (Phi) is 4.21. The number of aryl methyl sites for hydroxylation is 2. The molecule has 0 aliphatic rings. The lowest BCUT2D eigenvalue weighted by atomic mass is 10.1. The fourth-order valence-electron chi connectivity index (χ4n) is 2.19. The van der Waals surface area contributed by atoms with Crippen molar-refractivity contribution in [2.45, 2.75) is 27.3 Å². The van der Waals surface area contributed by atoms with E-state index in [-0.39, 0.29) is 6.54 Å². The van der Waals surface area contributed by atoms with Crippen molar-refractivity contribution >= 4 is 23.0 Å². The Morgan fingerprint density at radius 1 is 1.33 bits per heavy atom. The van der Waals surface area contributed by atoms with E-state index in [0.717, 1.165) is 0 Å². The highest BCUT2D eigenvalue weighted by Gasteiger charge is 2.20. The van der Waals surface area contributed by atoms with Crippen LogP contribution in [0, 0.1) is 13.8 Å². The Morgan fingerprint density at radius 3 is 2.67 bits per heavy atom. The minimum absolute atomic E-state index is 0.0464. The molecule has 0 aliphatic heterocycles. The second-order valence-corrected chi connectivity index (χ2v) is 4.55. The smallest absolute Gasteiger partial charge is 0.338 e. The van der Waals surface area contributed by atoms with Gasteiger partial charge in [0.25, 0.3) is 0 Å². The molecule has 0 fully saturated rings. The Labute approximate surface area is 121 Å². The molecule has 2 heterocycles. The second-order valence-electron chi connectivity index (χ2n) is 4.55. The van der Waals surface area contributed by atoms with Crippen LogP contribution >= 0.6 is 0 Å². The number of pyridine rings is 1. The Bertz CT molecular complexity index is 706. The Hall–Kier alpha value is -2.44. The molecule has 7 nitrogen and oxygen atoms in total. The molecule has 112 valence electrons. The van der Waals surface area contributed by atoms with Crippen LogP contribution in [0.15, 0.2) is 6.07 Å². The molecule has 0 bridgehead atoms. The van der Waals surface area contributed by atoms with E-state index in [1.807, 2.05) is 0 Å². The van der Waals surface area contributed by atoms with Crippen LogP contribution in [0.3, 0.4) is 0 Å². The number of methoxy groups -OCH3 is 1. The summed E-state index contributed by atoms with van der Waals surface area (Å²) in [7, 11) is 1.32. The van der Waals surface area contributed by atoms with Crippen molar-refractivity contribution in [1.29, 1.82) is 0 Å². The SMILES string of the molecule is CCOC(=O)Cn1nc(C)c2c(C(=O)OC)cc(C)nc21. The monoisotopic (exact) mass is 291 g/mol. The number of hydrogen-bond acceptors (Lipinski definition) is 6. The van der Waals surface area contributed by atoms with E-state index in [0.29, 0.717) is 34.6 Å². The number of hydrogen-bond donors (Lipinski definition) is 0.